The van der Waals surface area contributed by atoms with E-state index in [9.17, 15) is 19.3 Å². The van der Waals surface area contributed by atoms with Crippen LogP contribution in [0.4, 0.5) is 15.8 Å². The number of hydrogen-bond donors (Lipinski definition) is 2. The first-order chi connectivity index (χ1) is 7.41. The maximum atomic E-state index is 12.9. The van der Waals surface area contributed by atoms with E-state index in [0.29, 0.717) is 6.07 Å². The van der Waals surface area contributed by atoms with E-state index in [2.05, 4.69) is 5.32 Å². The first-order valence-electron chi connectivity index (χ1n) is 4.01. The maximum absolute atomic E-state index is 12.9. The molecular weight excluding hydrogens is 243 g/mol. The summed E-state index contributed by atoms with van der Waals surface area (Å²) in [6, 6.07) is 1.60. The van der Waals surface area contributed by atoms with Crippen molar-refractivity contribution in [1.29, 1.82) is 0 Å². The van der Waals surface area contributed by atoms with E-state index in [1.54, 1.807) is 0 Å². The minimum atomic E-state index is -1.20. The van der Waals surface area contributed by atoms with Gasteiger partial charge < -0.3 is 10.4 Å². The molecule has 0 aromatic heterocycles. The molecule has 0 aliphatic rings. The van der Waals surface area contributed by atoms with Gasteiger partial charge in [0.1, 0.15) is 18.0 Å². The topological polar surface area (TPSA) is 92.5 Å². The number of rotatable bonds is 4. The van der Waals surface area contributed by atoms with E-state index in [4.69, 9.17) is 16.7 Å². The van der Waals surface area contributed by atoms with Crippen LogP contribution in [0, 0.1) is 15.9 Å². The van der Waals surface area contributed by atoms with E-state index in [-0.39, 0.29) is 10.7 Å². The Bertz CT molecular complexity index is 452. The molecule has 0 aliphatic carbocycles. The van der Waals surface area contributed by atoms with Gasteiger partial charge in [0.2, 0.25) is 0 Å². The van der Waals surface area contributed by atoms with Crippen LogP contribution in [0.5, 0.6) is 0 Å². The van der Waals surface area contributed by atoms with Crippen LogP contribution in [0.1, 0.15) is 0 Å². The fourth-order valence-corrected chi connectivity index (χ4v) is 1.16. The second kappa shape index (κ2) is 4.75. The average Bonchev–Trinajstić information content (AvgIpc) is 2.18. The quantitative estimate of drug-likeness (QED) is 0.627. The fraction of sp³-hybridized carbons (Fsp3) is 0.125. The van der Waals surface area contributed by atoms with Crippen LogP contribution in [-0.4, -0.2) is 22.5 Å². The van der Waals surface area contributed by atoms with Crippen molar-refractivity contribution in [3.8, 4) is 0 Å². The molecule has 2 N–H and O–H groups in total. The Morgan fingerprint density at radius 1 is 1.62 bits per heavy atom. The molecule has 86 valence electrons. The van der Waals surface area contributed by atoms with Crippen LogP contribution in [0.15, 0.2) is 12.1 Å². The first kappa shape index (κ1) is 12.2. The third-order valence-corrected chi connectivity index (χ3v) is 1.96. The number of carboxylic acids is 1. The summed E-state index contributed by atoms with van der Waals surface area (Å²) in [5.74, 6) is -2.14. The van der Waals surface area contributed by atoms with Gasteiger partial charge in [-0.05, 0) is 6.07 Å². The van der Waals surface area contributed by atoms with Crippen LogP contribution in [0.3, 0.4) is 0 Å². The van der Waals surface area contributed by atoms with Crippen LogP contribution in [-0.2, 0) is 4.79 Å². The van der Waals surface area contributed by atoms with E-state index in [1.165, 1.54) is 0 Å². The van der Waals surface area contributed by atoms with Gasteiger partial charge in [-0.1, -0.05) is 11.6 Å². The number of anilines is 1. The molecule has 8 heteroatoms. The normalized spacial score (nSPS) is 9.88. The van der Waals surface area contributed by atoms with E-state index in [0.717, 1.165) is 6.07 Å². The largest absolute Gasteiger partial charge is 0.480 e. The Hall–Kier alpha value is -1.89. The number of nitro benzene ring substituents is 1. The highest BCUT2D eigenvalue weighted by molar-refractivity contribution is 6.31. The molecule has 6 nitrogen and oxygen atoms in total. The molecule has 16 heavy (non-hydrogen) atoms. The van der Waals surface area contributed by atoms with Crippen molar-refractivity contribution in [2.75, 3.05) is 11.9 Å². The lowest BCUT2D eigenvalue weighted by Crippen LogP contribution is -2.13. The molecule has 0 atom stereocenters. The van der Waals surface area contributed by atoms with Crippen LogP contribution in [0.2, 0.25) is 5.02 Å². The van der Waals surface area contributed by atoms with Gasteiger partial charge in [-0.25, -0.2) is 4.39 Å². The molecule has 0 aliphatic heterocycles. The van der Waals surface area contributed by atoms with Crippen molar-refractivity contribution >= 4 is 28.9 Å². The van der Waals surface area contributed by atoms with Crippen molar-refractivity contribution in [3.05, 3.63) is 33.1 Å². The van der Waals surface area contributed by atoms with Gasteiger partial charge in [0.05, 0.1) is 16.0 Å². The Morgan fingerprint density at radius 3 is 2.75 bits per heavy atom. The number of nitro groups is 1. The summed E-state index contributed by atoms with van der Waals surface area (Å²) in [6.45, 7) is -0.525. The van der Waals surface area contributed by atoms with Gasteiger partial charge in [-0.3, -0.25) is 14.9 Å². The minimum absolute atomic E-state index is 0.140. The van der Waals surface area contributed by atoms with E-state index >= 15 is 0 Å². The van der Waals surface area contributed by atoms with E-state index in [1.807, 2.05) is 0 Å². The molecular formula is C8H6ClFN2O4. The Morgan fingerprint density at radius 2 is 2.25 bits per heavy atom. The molecule has 0 spiro atoms. The van der Waals surface area contributed by atoms with Crippen LogP contribution in [0.25, 0.3) is 0 Å². The Kier molecular flexibility index (Phi) is 3.62. The highest BCUT2D eigenvalue weighted by atomic mass is 35.5. The van der Waals surface area contributed by atoms with Crippen molar-refractivity contribution < 1.29 is 19.2 Å². The summed E-state index contributed by atoms with van der Waals surface area (Å²) in [4.78, 5) is 20.0. The van der Waals surface area contributed by atoms with Gasteiger partial charge in [0, 0.05) is 0 Å². The second-order valence-electron chi connectivity index (χ2n) is 2.79. The lowest BCUT2D eigenvalue weighted by Gasteiger charge is -2.05. The summed E-state index contributed by atoms with van der Waals surface area (Å²) < 4.78 is 12.9. The third kappa shape index (κ3) is 2.80. The maximum Gasteiger partial charge on any atom is 0.322 e. The summed E-state index contributed by atoms with van der Waals surface area (Å²) in [6.07, 6.45) is 0. The number of nitrogens with one attached hydrogen (secondary N) is 1. The highest BCUT2D eigenvalue weighted by Gasteiger charge is 2.18. The molecule has 0 fully saturated rings. The van der Waals surface area contributed by atoms with Gasteiger partial charge in [-0.15, -0.1) is 0 Å². The molecule has 0 radical (unpaired) electrons. The SMILES string of the molecule is O=C(O)CNc1cc(Cl)c(F)cc1[N+](=O)[O-]. The molecule has 1 aromatic carbocycles. The second-order valence-corrected chi connectivity index (χ2v) is 3.20. The summed E-state index contributed by atoms with van der Waals surface area (Å²) >= 11 is 5.42. The molecule has 0 heterocycles. The van der Waals surface area contributed by atoms with Gasteiger partial charge >= 0.3 is 5.97 Å². The standard InChI is InChI=1S/C8H6ClFN2O4/c9-4-1-6(11-3-8(13)14)7(12(15)16)2-5(4)10/h1-2,11H,3H2,(H,13,14). The predicted molar refractivity (Wildman–Crippen MR) is 54.2 cm³/mol. The number of carboxylic acid groups (broad SMARTS) is 1. The summed E-state index contributed by atoms with van der Waals surface area (Å²) in [5.41, 5.74) is -0.707. The number of benzene rings is 1. The van der Waals surface area contributed by atoms with Gasteiger partial charge in [-0.2, -0.15) is 0 Å². The van der Waals surface area contributed by atoms with Crippen LogP contribution < -0.4 is 5.32 Å². The Labute approximate surface area is 93.8 Å². The van der Waals surface area contributed by atoms with E-state index < -0.39 is 28.9 Å². The van der Waals surface area contributed by atoms with Gasteiger partial charge in [0.25, 0.3) is 5.69 Å². The predicted octanol–water partition coefficient (Wildman–Crippen LogP) is 1.88. The molecule has 0 saturated carbocycles. The third-order valence-electron chi connectivity index (χ3n) is 1.67. The fourth-order valence-electron chi connectivity index (χ4n) is 1.000. The zero-order chi connectivity index (χ0) is 12.3. The van der Waals surface area contributed by atoms with Crippen molar-refractivity contribution in [3.63, 3.8) is 0 Å². The average molecular weight is 249 g/mol. The number of halogens is 2. The van der Waals surface area contributed by atoms with Crippen molar-refractivity contribution in [2.24, 2.45) is 0 Å². The molecule has 0 unspecified atom stereocenters. The van der Waals surface area contributed by atoms with Crippen molar-refractivity contribution in [1.82, 2.24) is 0 Å². The smallest absolute Gasteiger partial charge is 0.322 e. The monoisotopic (exact) mass is 248 g/mol. The molecule has 1 aromatic rings. The van der Waals surface area contributed by atoms with Crippen LogP contribution >= 0.6 is 11.6 Å². The highest BCUT2D eigenvalue weighted by Crippen LogP contribution is 2.29. The number of hydrogen-bond acceptors (Lipinski definition) is 4. The molecule has 0 amide bonds. The zero-order valence-corrected chi connectivity index (χ0v) is 8.49. The first-order valence-corrected chi connectivity index (χ1v) is 4.38. The minimum Gasteiger partial charge on any atom is -0.480 e. The Balaban J connectivity index is 3.09. The van der Waals surface area contributed by atoms with Crippen molar-refractivity contribution in [2.45, 2.75) is 0 Å². The summed E-state index contributed by atoms with van der Waals surface area (Å²) in [5, 5.41) is 20.9. The zero-order valence-electron chi connectivity index (χ0n) is 7.74. The lowest BCUT2D eigenvalue weighted by molar-refractivity contribution is -0.384. The summed E-state index contributed by atoms with van der Waals surface area (Å²) in [7, 11) is 0. The lowest BCUT2D eigenvalue weighted by atomic mass is 10.2. The number of aliphatic carboxylic acids is 1. The molecule has 1 rings (SSSR count). The van der Waals surface area contributed by atoms with Gasteiger partial charge in [0.15, 0.2) is 0 Å². The number of nitrogens with zero attached hydrogens (tertiary/aromatic N) is 1. The molecule has 0 bridgehead atoms. The number of carbonyl (C=O) groups is 1. The molecule has 0 saturated heterocycles.